The molecule has 0 aromatic heterocycles. The molecule has 0 radical (unpaired) electrons. The fourth-order valence-electron chi connectivity index (χ4n) is 2.81. The Kier molecular flexibility index (Phi) is 5.37. The third-order valence-corrected chi connectivity index (χ3v) is 4.52. The minimum absolute atomic E-state index is 0.127. The van der Waals surface area contributed by atoms with Gasteiger partial charge in [-0.15, -0.1) is 0 Å². The van der Waals surface area contributed by atoms with Gasteiger partial charge in [-0.25, -0.2) is 0 Å². The highest BCUT2D eigenvalue weighted by molar-refractivity contribution is 7.80. The summed E-state index contributed by atoms with van der Waals surface area (Å²) in [7, 11) is 0. The Hall–Kier alpha value is -2.99. The first-order valence-corrected chi connectivity index (χ1v) is 9.10. The van der Waals surface area contributed by atoms with Gasteiger partial charge in [-0.3, -0.25) is 14.5 Å². The van der Waals surface area contributed by atoms with Gasteiger partial charge in [0.1, 0.15) is 5.70 Å². The van der Waals surface area contributed by atoms with Crippen LogP contribution in [0.4, 0.5) is 11.4 Å². The van der Waals surface area contributed by atoms with Crippen molar-refractivity contribution >= 4 is 46.6 Å². The minimum Gasteiger partial charge on any atom is -0.327 e. The van der Waals surface area contributed by atoms with E-state index in [1.54, 1.807) is 18.2 Å². The highest BCUT2D eigenvalue weighted by atomic mass is 32.1. The molecule has 2 amide bonds. The summed E-state index contributed by atoms with van der Waals surface area (Å²) in [6.45, 7) is 5.71. The Morgan fingerprint density at radius 2 is 1.74 bits per heavy atom. The summed E-state index contributed by atoms with van der Waals surface area (Å²) in [6, 6.07) is 15.1. The van der Waals surface area contributed by atoms with Crippen molar-refractivity contribution in [3.63, 3.8) is 0 Å². The molecule has 3 rings (SSSR count). The van der Waals surface area contributed by atoms with Crippen molar-refractivity contribution in [2.24, 2.45) is 0 Å². The molecule has 5 nitrogen and oxygen atoms in total. The van der Waals surface area contributed by atoms with Gasteiger partial charge in [0.15, 0.2) is 5.11 Å². The molecule has 0 bridgehead atoms. The van der Waals surface area contributed by atoms with E-state index in [1.165, 1.54) is 17.4 Å². The molecule has 1 saturated heterocycles. The summed E-state index contributed by atoms with van der Waals surface area (Å²) in [5.41, 5.74) is 3.91. The zero-order valence-electron chi connectivity index (χ0n) is 15.4. The molecule has 27 heavy (non-hydrogen) atoms. The first kappa shape index (κ1) is 18.8. The van der Waals surface area contributed by atoms with Crippen LogP contribution in [0.15, 0.2) is 54.2 Å². The number of carbonyl (C=O) groups is 2. The molecule has 6 heteroatoms. The Labute approximate surface area is 164 Å². The lowest BCUT2D eigenvalue weighted by Crippen LogP contribution is -2.30. The van der Waals surface area contributed by atoms with E-state index in [2.05, 4.69) is 24.5 Å². The summed E-state index contributed by atoms with van der Waals surface area (Å²) in [4.78, 5) is 25.4. The highest BCUT2D eigenvalue weighted by Crippen LogP contribution is 2.25. The van der Waals surface area contributed by atoms with Crippen LogP contribution >= 0.6 is 12.2 Å². The average Bonchev–Trinajstić information content (AvgIpc) is 2.90. The maximum atomic E-state index is 12.8. The molecule has 0 unspecified atom stereocenters. The summed E-state index contributed by atoms with van der Waals surface area (Å²) in [5, 5.41) is 6.05. The fraction of sp³-hybridized carbons (Fsp3) is 0.190. The molecule has 0 spiro atoms. The van der Waals surface area contributed by atoms with E-state index < -0.39 is 0 Å². The third kappa shape index (κ3) is 4.23. The molecule has 0 atom stereocenters. The second kappa shape index (κ2) is 7.72. The Morgan fingerprint density at radius 3 is 2.30 bits per heavy atom. The minimum atomic E-state index is -0.191. The van der Waals surface area contributed by atoms with Gasteiger partial charge in [0, 0.05) is 12.6 Å². The van der Waals surface area contributed by atoms with Gasteiger partial charge in [-0.2, -0.15) is 0 Å². The molecule has 0 saturated carbocycles. The number of amides is 2. The molecule has 2 aromatic rings. The van der Waals surface area contributed by atoms with Gasteiger partial charge >= 0.3 is 0 Å². The lowest BCUT2D eigenvalue weighted by Gasteiger charge is -2.15. The molecule has 1 fully saturated rings. The van der Waals surface area contributed by atoms with E-state index in [9.17, 15) is 9.59 Å². The molecular formula is C21H21N3O2S. The van der Waals surface area contributed by atoms with E-state index >= 15 is 0 Å². The zero-order chi connectivity index (χ0) is 19.6. The van der Waals surface area contributed by atoms with Crippen LogP contribution in [-0.2, 0) is 9.59 Å². The van der Waals surface area contributed by atoms with Crippen LogP contribution < -0.4 is 15.5 Å². The summed E-state index contributed by atoms with van der Waals surface area (Å²) >= 11 is 5.35. The number of hydrogen-bond donors (Lipinski definition) is 2. The van der Waals surface area contributed by atoms with Gasteiger partial charge < -0.3 is 10.6 Å². The maximum Gasteiger partial charge on any atom is 0.281 e. The fourth-order valence-corrected chi connectivity index (χ4v) is 3.11. The second-order valence-electron chi connectivity index (χ2n) is 6.68. The Bertz CT molecular complexity index is 915. The van der Waals surface area contributed by atoms with Crippen molar-refractivity contribution in [2.75, 3.05) is 10.2 Å². The first-order valence-electron chi connectivity index (χ1n) is 8.70. The van der Waals surface area contributed by atoms with E-state index in [-0.39, 0.29) is 11.8 Å². The first-order chi connectivity index (χ1) is 12.8. The van der Waals surface area contributed by atoms with Crippen molar-refractivity contribution < 1.29 is 9.59 Å². The molecule has 0 aliphatic carbocycles. The largest absolute Gasteiger partial charge is 0.327 e. The van der Waals surface area contributed by atoms with E-state index in [1.807, 2.05) is 36.4 Å². The number of benzene rings is 2. The Morgan fingerprint density at radius 1 is 1.11 bits per heavy atom. The smallest absolute Gasteiger partial charge is 0.281 e. The summed E-state index contributed by atoms with van der Waals surface area (Å²) in [6.07, 6.45) is 1.74. The number of hydrogen-bond acceptors (Lipinski definition) is 3. The van der Waals surface area contributed by atoms with Crippen LogP contribution in [0.1, 0.15) is 37.8 Å². The van der Waals surface area contributed by atoms with Gasteiger partial charge in [-0.05, 0) is 59.6 Å². The molecule has 2 aromatic carbocycles. The summed E-state index contributed by atoms with van der Waals surface area (Å²) < 4.78 is 0. The standard InChI is InChI=1S/C21H21N3O2S/c1-13(2)16-6-10-18(11-7-16)24-20(26)19(23-21(24)27)12-15-4-8-17(9-5-15)22-14(3)25/h4-13H,1-3H3,(H,22,25)(H,23,27). The molecule has 138 valence electrons. The second-order valence-corrected chi connectivity index (χ2v) is 7.06. The molecule has 1 heterocycles. The number of anilines is 2. The SMILES string of the molecule is CC(=O)Nc1ccc(C=C2NC(=S)N(c3ccc(C(C)C)cc3)C2=O)cc1. The topological polar surface area (TPSA) is 61.4 Å². The van der Waals surface area contributed by atoms with Crippen LogP contribution in [0.2, 0.25) is 0 Å². The van der Waals surface area contributed by atoms with E-state index in [0.29, 0.717) is 22.4 Å². The molecule has 1 aliphatic rings. The number of thiocarbonyl (C=S) groups is 1. The van der Waals surface area contributed by atoms with Crippen LogP contribution in [0, 0.1) is 0 Å². The van der Waals surface area contributed by atoms with Gasteiger partial charge in [-0.1, -0.05) is 38.1 Å². The van der Waals surface area contributed by atoms with Gasteiger partial charge in [0.2, 0.25) is 5.91 Å². The monoisotopic (exact) mass is 379 g/mol. The predicted molar refractivity (Wildman–Crippen MR) is 112 cm³/mol. The maximum absolute atomic E-state index is 12.8. The molecular weight excluding hydrogens is 358 g/mol. The third-order valence-electron chi connectivity index (χ3n) is 4.24. The average molecular weight is 379 g/mol. The van der Waals surface area contributed by atoms with Crippen LogP contribution in [0.5, 0.6) is 0 Å². The zero-order valence-corrected chi connectivity index (χ0v) is 16.3. The highest BCUT2D eigenvalue weighted by Gasteiger charge is 2.31. The number of nitrogens with zero attached hydrogens (tertiary/aromatic N) is 1. The lowest BCUT2D eigenvalue weighted by atomic mass is 10.0. The molecule has 1 aliphatic heterocycles. The quantitative estimate of drug-likeness (QED) is 0.622. The van der Waals surface area contributed by atoms with Gasteiger partial charge in [0.05, 0.1) is 5.69 Å². The Balaban J connectivity index is 1.80. The van der Waals surface area contributed by atoms with Crippen molar-refractivity contribution in [2.45, 2.75) is 26.7 Å². The number of carbonyl (C=O) groups excluding carboxylic acids is 2. The number of rotatable bonds is 4. The van der Waals surface area contributed by atoms with Gasteiger partial charge in [0.25, 0.3) is 5.91 Å². The van der Waals surface area contributed by atoms with Crippen LogP contribution in [-0.4, -0.2) is 16.9 Å². The van der Waals surface area contributed by atoms with Crippen molar-refractivity contribution in [1.29, 1.82) is 0 Å². The van der Waals surface area contributed by atoms with Crippen molar-refractivity contribution in [1.82, 2.24) is 5.32 Å². The van der Waals surface area contributed by atoms with E-state index in [4.69, 9.17) is 12.2 Å². The van der Waals surface area contributed by atoms with Crippen LogP contribution in [0.3, 0.4) is 0 Å². The predicted octanol–water partition coefficient (Wildman–Crippen LogP) is 4.03. The molecule has 2 N–H and O–H groups in total. The van der Waals surface area contributed by atoms with E-state index in [0.717, 1.165) is 11.3 Å². The van der Waals surface area contributed by atoms with Crippen LogP contribution in [0.25, 0.3) is 6.08 Å². The van der Waals surface area contributed by atoms with Crippen molar-refractivity contribution in [3.05, 3.63) is 65.4 Å². The lowest BCUT2D eigenvalue weighted by molar-refractivity contribution is -0.114. The summed E-state index contributed by atoms with van der Waals surface area (Å²) in [5.74, 6) is 0.107. The van der Waals surface area contributed by atoms with Crippen molar-refractivity contribution in [3.8, 4) is 0 Å². The normalized spacial score (nSPS) is 15.4. The number of nitrogens with one attached hydrogen (secondary N) is 2.